The summed E-state index contributed by atoms with van der Waals surface area (Å²) in [4.78, 5) is 24.5. The van der Waals surface area contributed by atoms with Gasteiger partial charge in [-0.15, -0.1) is 11.8 Å². The van der Waals surface area contributed by atoms with E-state index < -0.39 is 11.5 Å². The zero-order chi connectivity index (χ0) is 16.9. The molecule has 0 radical (unpaired) electrons. The molecular formula is C17H23NO4S. The van der Waals surface area contributed by atoms with Gasteiger partial charge in [-0.25, -0.2) is 0 Å². The number of hydrogen-bond acceptors (Lipinski definition) is 4. The maximum atomic E-state index is 12.3. The highest BCUT2D eigenvalue weighted by molar-refractivity contribution is 8.00. The third kappa shape index (κ3) is 5.25. The van der Waals surface area contributed by atoms with Crippen LogP contribution < -0.4 is 5.32 Å². The first kappa shape index (κ1) is 17.8. The Hall–Kier alpha value is -1.53. The average molecular weight is 337 g/mol. The molecule has 1 saturated heterocycles. The lowest BCUT2D eigenvalue weighted by atomic mass is 9.86. The highest BCUT2D eigenvalue weighted by Gasteiger charge is 2.36. The fourth-order valence-corrected chi connectivity index (χ4v) is 3.66. The Balaban J connectivity index is 1.96. The lowest BCUT2D eigenvalue weighted by Gasteiger charge is -2.36. The van der Waals surface area contributed by atoms with E-state index in [4.69, 9.17) is 9.84 Å². The molecule has 1 aliphatic rings. The van der Waals surface area contributed by atoms with Crippen molar-refractivity contribution in [2.45, 2.75) is 43.5 Å². The molecule has 0 unspecified atom stereocenters. The first-order valence-corrected chi connectivity index (χ1v) is 8.69. The summed E-state index contributed by atoms with van der Waals surface area (Å²) in [6, 6.07) is 6.15. The molecule has 126 valence electrons. The molecule has 1 fully saturated rings. The zero-order valence-corrected chi connectivity index (χ0v) is 14.4. The number of carboxylic acid groups (broad SMARTS) is 1. The summed E-state index contributed by atoms with van der Waals surface area (Å²) >= 11 is 1.48. The largest absolute Gasteiger partial charge is 0.481 e. The van der Waals surface area contributed by atoms with Crippen LogP contribution >= 0.6 is 11.8 Å². The third-order valence-electron chi connectivity index (χ3n) is 4.05. The van der Waals surface area contributed by atoms with Crippen LogP contribution in [0.5, 0.6) is 0 Å². The van der Waals surface area contributed by atoms with Gasteiger partial charge in [-0.1, -0.05) is 17.7 Å². The Morgan fingerprint density at radius 3 is 2.65 bits per heavy atom. The van der Waals surface area contributed by atoms with Crippen molar-refractivity contribution in [3.8, 4) is 0 Å². The number of aryl methyl sites for hydroxylation is 2. The highest BCUT2D eigenvalue weighted by atomic mass is 32.2. The molecule has 0 saturated carbocycles. The molecule has 1 aliphatic heterocycles. The van der Waals surface area contributed by atoms with E-state index in [2.05, 4.69) is 11.4 Å². The quantitative estimate of drug-likeness (QED) is 0.780. The van der Waals surface area contributed by atoms with Gasteiger partial charge >= 0.3 is 5.97 Å². The summed E-state index contributed by atoms with van der Waals surface area (Å²) in [5.74, 6) is -0.736. The number of nitrogens with one attached hydrogen (secondary N) is 1. The lowest BCUT2D eigenvalue weighted by molar-refractivity contribution is -0.140. The van der Waals surface area contributed by atoms with Crippen LogP contribution in [0.25, 0.3) is 0 Å². The summed E-state index contributed by atoms with van der Waals surface area (Å²) < 4.78 is 5.30. The molecule has 0 spiro atoms. The van der Waals surface area contributed by atoms with Crippen molar-refractivity contribution in [2.75, 3.05) is 19.0 Å². The Kier molecular flexibility index (Phi) is 6.07. The van der Waals surface area contributed by atoms with Crippen LogP contribution in [0.15, 0.2) is 23.1 Å². The predicted molar refractivity (Wildman–Crippen MR) is 89.8 cm³/mol. The van der Waals surface area contributed by atoms with Gasteiger partial charge in [-0.05, 0) is 38.3 Å². The highest BCUT2D eigenvalue weighted by Crippen LogP contribution is 2.26. The fourth-order valence-electron chi connectivity index (χ4n) is 2.74. The number of amides is 1. The molecular weight excluding hydrogens is 314 g/mol. The van der Waals surface area contributed by atoms with Crippen LogP contribution in [-0.4, -0.2) is 41.5 Å². The average Bonchev–Trinajstić information content (AvgIpc) is 2.48. The SMILES string of the molecule is Cc1ccc(C)c(SCC(=O)NC2(CC(=O)O)CCOCC2)c1. The standard InChI is InChI=1S/C17H23NO4S/c1-12-3-4-13(2)14(9-12)23-11-15(19)18-17(10-16(20)21)5-7-22-8-6-17/h3-4,9H,5-8,10-11H2,1-2H3,(H,18,19)(H,20,21). The van der Waals surface area contributed by atoms with E-state index in [1.165, 1.54) is 11.8 Å². The molecule has 1 aromatic rings. The summed E-state index contributed by atoms with van der Waals surface area (Å²) in [6.45, 7) is 5.01. The molecule has 2 N–H and O–H groups in total. The van der Waals surface area contributed by atoms with E-state index in [1.807, 2.05) is 26.0 Å². The van der Waals surface area contributed by atoms with Gasteiger partial charge < -0.3 is 15.2 Å². The number of rotatable bonds is 6. The molecule has 1 amide bonds. The van der Waals surface area contributed by atoms with Gasteiger partial charge in [0.2, 0.25) is 5.91 Å². The van der Waals surface area contributed by atoms with Crippen molar-refractivity contribution in [1.82, 2.24) is 5.32 Å². The number of carbonyl (C=O) groups is 2. The monoisotopic (exact) mass is 337 g/mol. The number of thioether (sulfide) groups is 1. The number of benzene rings is 1. The fraction of sp³-hybridized carbons (Fsp3) is 0.529. The van der Waals surface area contributed by atoms with Gasteiger partial charge in [0.15, 0.2) is 0 Å². The summed E-state index contributed by atoms with van der Waals surface area (Å²) in [5.41, 5.74) is 1.62. The molecule has 1 aromatic carbocycles. The Morgan fingerprint density at radius 1 is 1.30 bits per heavy atom. The van der Waals surface area contributed by atoms with Crippen LogP contribution in [0.2, 0.25) is 0 Å². The first-order chi connectivity index (χ1) is 10.9. The van der Waals surface area contributed by atoms with Crippen molar-refractivity contribution >= 4 is 23.6 Å². The van der Waals surface area contributed by atoms with Gasteiger partial charge in [-0.3, -0.25) is 9.59 Å². The minimum absolute atomic E-state index is 0.0593. The van der Waals surface area contributed by atoms with Crippen LogP contribution in [0, 0.1) is 13.8 Å². The lowest BCUT2D eigenvalue weighted by Crippen LogP contribution is -2.53. The van der Waals surface area contributed by atoms with E-state index in [0.29, 0.717) is 26.1 Å². The molecule has 0 aromatic heterocycles. The van der Waals surface area contributed by atoms with Crippen LogP contribution in [0.1, 0.15) is 30.4 Å². The normalized spacial score (nSPS) is 16.8. The molecule has 0 atom stereocenters. The van der Waals surface area contributed by atoms with E-state index in [9.17, 15) is 9.59 Å². The summed E-state index contributed by atoms with van der Waals surface area (Å²) in [7, 11) is 0. The maximum absolute atomic E-state index is 12.3. The molecule has 23 heavy (non-hydrogen) atoms. The molecule has 5 nitrogen and oxygen atoms in total. The van der Waals surface area contributed by atoms with Gasteiger partial charge in [0.1, 0.15) is 0 Å². The van der Waals surface area contributed by atoms with Crippen LogP contribution in [-0.2, 0) is 14.3 Å². The Morgan fingerprint density at radius 2 is 2.00 bits per heavy atom. The second kappa shape index (κ2) is 7.84. The molecule has 6 heteroatoms. The second-order valence-electron chi connectivity index (χ2n) is 6.07. The molecule has 0 aliphatic carbocycles. The second-order valence-corrected chi connectivity index (χ2v) is 7.09. The van der Waals surface area contributed by atoms with Crippen molar-refractivity contribution in [3.63, 3.8) is 0 Å². The van der Waals surface area contributed by atoms with Gasteiger partial charge in [0, 0.05) is 18.1 Å². The van der Waals surface area contributed by atoms with Crippen LogP contribution in [0.3, 0.4) is 0 Å². The summed E-state index contributed by atoms with van der Waals surface area (Å²) in [6.07, 6.45) is 1.02. The van der Waals surface area contributed by atoms with Crippen LogP contribution in [0.4, 0.5) is 0 Å². The van der Waals surface area contributed by atoms with Crippen molar-refractivity contribution in [1.29, 1.82) is 0 Å². The van der Waals surface area contributed by atoms with Crippen molar-refractivity contribution in [2.24, 2.45) is 0 Å². The van der Waals surface area contributed by atoms with Crippen molar-refractivity contribution < 1.29 is 19.4 Å². The van der Waals surface area contributed by atoms with Gasteiger partial charge in [-0.2, -0.15) is 0 Å². The van der Waals surface area contributed by atoms with Gasteiger partial charge in [0.25, 0.3) is 0 Å². The number of hydrogen-bond donors (Lipinski definition) is 2. The Labute approximate surface area is 140 Å². The predicted octanol–water partition coefficient (Wildman–Crippen LogP) is 2.54. The molecule has 1 heterocycles. The Bertz CT molecular complexity index is 582. The van der Waals surface area contributed by atoms with E-state index >= 15 is 0 Å². The minimum atomic E-state index is -0.894. The smallest absolute Gasteiger partial charge is 0.305 e. The topological polar surface area (TPSA) is 75.6 Å². The molecule has 0 bridgehead atoms. The van der Waals surface area contributed by atoms with E-state index in [1.54, 1.807) is 0 Å². The maximum Gasteiger partial charge on any atom is 0.305 e. The number of carbonyl (C=O) groups excluding carboxylic acids is 1. The van der Waals surface area contributed by atoms with Gasteiger partial charge in [0.05, 0.1) is 17.7 Å². The number of carboxylic acids is 1. The van der Waals surface area contributed by atoms with E-state index in [0.717, 1.165) is 16.0 Å². The first-order valence-electron chi connectivity index (χ1n) is 7.71. The number of ether oxygens (including phenoxy) is 1. The van der Waals surface area contributed by atoms with E-state index in [-0.39, 0.29) is 18.1 Å². The minimum Gasteiger partial charge on any atom is -0.481 e. The number of aliphatic carboxylic acids is 1. The van der Waals surface area contributed by atoms with Crippen molar-refractivity contribution in [3.05, 3.63) is 29.3 Å². The third-order valence-corrected chi connectivity index (χ3v) is 5.20. The molecule has 2 rings (SSSR count). The zero-order valence-electron chi connectivity index (χ0n) is 13.6. The summed E-state index contributed by atoms with van der Waals surface area (Å²) in [5, 5.41) is 12.1.